The quantitative estimate of drug-likeness (QED) is 0.454. The molecule has 38 heavy (non-hydrogen) atoms. The summed E-state index contributed by atoms with van der Waals surface area (Å²) in [4.78, 5) is 34.2. The molecule has 2 saturated heterocycles. The summed E-state index contributed by atoms with van der Waals surface area (Å²) in [5.74, 6) is -0.716. The maximum atomic E-state index is 14.0. The van der Waals surface area contributed by atoms with Gasteiger partial charge in [0.2, 0.25) is 0 Å². The lowest BCUT2D eigenvalue weighted by molar-refractivity contribution is -0.110. The summed E-state index contributed by atoms with van der Waals surface area (Å²) in [6.07, 6.45) is 3.30. The molecule has 3 aliphatic heterocycles. The van der Waals surface area contributed by atoms with E-state index >= 15 is 0 Å². The Morgan fingerprint density at radius 1 is 1.13 bits per heavy atom. The minimum absolute atomic E-state index is 0.0404. The number of nitrogens with zero attached hydrogens (tertiary/aromatic N) is 2. The van der Waals surface area contributed by atoms with E-state index in [1.807, 2.05) is 42.2 Å². The van der Waals surface area contributed by atoms with Crippen LogP contribution in [0.5, 0.6) is 0 Å². The van der Waals surface area contributed by atoms with Gasteiger partial charge in [0.15, 0.2) is 0 Å². The maximum absolute atomic E-state index is 14.0. The van der Waals surface area contributed by atoms with Gasteiger partial charge in [-0.2, -0.15) is 0 Å². The van der Waals surface area contributed by atoms with Gasteiger partial charge in [-0.15, -0.1) is 0 Å². The first-order valence-corrected chi connectivity index (χ1v) is 13.2. The zero-order valence-corrected chi connectivity index (χ0v) is 21.3. The van der Waals surface area contributed by atoms with Gasteiger partial charge in [0.1, 0.15) is 12.0 Å². The molecule has 3 aromatic rings. The number of carbonyl (C=O) groups is 2. The number of aromatic nitrogens is 1. The van der Waals surface area contributed by atoms with E-state index in [9.17, 15) is 18.4 Å². The lowest BCUT2D eigenvalue weighted by Crippen LogP contribution is -2.42. The largest absolute Gasteiger partial charge is 0.358 e. The molecule has 8 heteroatoms. The molecule has 2 aromatic carbocycles. The Kier molecular flexibility index (Phi) is 6.35. The zero-order valence-electron chi connectivity index (χ0n) is 21.3. The first-order valence-electron chi connectivity index (χ1n) is 13.2. The number of carbonyl (C=O) groups excluding carboxylic acids is 2. The lowest BCUT2D eigenvalue weighted by atomic mass is 9.94. The number of alkyl halides is 1. The molecule has 0 unspecified atom stereocenters. The van der Waals surface area contributed by atoms with Crippen LogP contribution in [0.2, 0.25) is 0 Å². The van der Waals surface area contributed by atoms with Gasteiger partial charge in [-0.1, -0.05) is 24.3 Å². The van der Waals surface area contributed by atoms with Crippen molar-refractivity contribution in [1.82, 2.24) is 14.8 Å². The van der Waals surface area contributed by atoms with Crippen molar-refractivity contribution >= 4 is 29.2 Å². The Balaban J connectivity index is 1.34. The van der Waals surface area contributed by atoms with E-state index in [0.29, 0.717) is 59.7 Å². The van der Waals surface area contributed by atoms with Crippen LogP contribution in [0.4, 0.5) is 14.5 Å². The van der Waals surface area contributed by atoms with Gasteiger partial charge in [-0.25, -0.2) is 8.78 Å². The Labute approximate surface area is 220 Å². The predicted molar refractivity (Wildman–Crippen MR) is 144 cm³/mol. The number of benzene rings is 2. The molecule has 2 fully saturated rings. The Morgan fingerprint density at radius 3 is 2.76 bits per heavy atom. The summed E-state index contributed by atoms with van der Waals surface area (Å²) < 4.78 is 27.8. The van der Waals surface area contributed by atoms with Crippen molar-refractivity contribution in [2.24, 2.45) is 0 Å². The Morgan fingerprint density at radius 2 is 1.97 bits per heavy atom. The highest BCUT2D eigenvalue weighted by atomic mass is 19.1. The summed E-state index contributed by atoms with van der Waals surface area (Å²) in [7, 11) is 0. The van der Waals surface area contributed by atoms with Crippen LogP contribution in [0.3, 0.4) is 0 Å². The number of nitrogens with one attached hydrogen (secondary N) is 2. The second-order valence-electron chi connectivity index (χ2n) is 10.5. The fraction of sp³-hybridized carbons (Fsp3) is 0.333. The highest BCUT2D eigenvalue weighted by Gasteiger charge is 2.35. The van der Waals surface area contributed by atoms with Gasteiger partial charge in [0.05, 0.1) is 16.8 Å². The van der Waals surface area contributed by atoms with Gasteiger partial charge in [0, 0.05) is 49.2 Å². The van der Waals surface area contributed by atoms with Crippen molar-refractivity contribution in [3.8, 4) is 11.1 Å². The number of anilines is 1. The highest BCUT2D eigenvalue weighted by Crippen LogP contribution is 2.41. The summed E-state index contributed by atoms with van der Waals surface area (Å²) in [6, 6.07) is 13.7. The van der Waals surface area contributed by atoms with Crippen LogP contribution in [0.25, 0.3) is 22.8 Å². The first kappa shape index (κ1) is 24.6. The number of fused-ring (bicyclic) bond motifs is 1. The van der Waals surface area contributed by atoms with Crippen molar-refractivity contribution in [1.29, 1.82) is 0 Å². The second kappa shape index (κ2) is 9.83. The van der Waals surface area contributed by atoms with E-state index in [0.717, 1.165) is 30.6 Å². The smallest absolute Gasteiger partial charge is 0.256 e. The van der Waals surface area contributed by atoms with E-state index < -0.39 is 6.17 Å². The fourth-order valence-electron chi connectivity index (χ4n) is 6.03. The number of hydrogen-bond donors (Lipinski definition) is 2. The van der Waals surface area contributed by atoms with E-state index in [4.69, 9.17) is 0 Å². The molecule has 6 rings (SSSR count). The van der Waals surface area contributed by atoms with E-state index in [1.165, 1.54) is 12.1 Å². The summed E-state index contributed by atoms with van der Waals surface area (Å²) in [6.45, 7) is 4.37. The Bertz CT molecular complexity index is 1450. The third-order valence-corrected chi connectivity index (χ3v) is 7.79. The number of rotatable bonds is 5. The van der Waals surface area contributed by atoms with Gasteiger partial charge >= 0.3 is 0 Å². The monoisotopic (exact) mass is 516 g/mol. The second-order valence-corrected chi connectivity index (χ2v) is 10.5. The zero-order chi connectivity index (χ0) is 26.4. The molecular weight excluding hydrogens is 486 g/mol. The lowest BCUT2D eigenvalue weighted by Gasteiger charge is -2.28. The van der Waals surface area contributed by atoms with Gasteiger partial charge in [-0.05, 0) is 67.7 Å². The molecule has 4 heterocycles. The van der Waals surface area contributed by atoms with Crippen LogP contribution in [-0.4, -0.2) is 65.0 Å². The average Bonchev–Trinajstić information content (AvgIpc) is 3.67. The molecule has 1 aromatic heterocycles. The topological polar surface area (TPSA) is 68.4 Å². The van der Waals surface area contributed by atoms with Crippen molar-refractivity contribution in [2.75, 3.05) is 31.5 Å². The molecular formula is C30H30F2N4O2. The van der Waals surface area contributed by atoms with Crippen LogP contribution in [0, 0.1) is 12.7 Å². The molecule has 2 N–H and O–H groups in total. The summed E-state index contributed by atoms with van der Waals surface area (Å²) in [5.41, 5.74) is 5.04. The van der Waals surface area contributed by atoms with Crippen molar-refractivity contribution < 1.29 is 18.4 Å². The average molecular weight is 517 g/mol. The van der Waals surface area contributed by atoms with Crippen LogP contribution < -0.4 is 5.32 Å². The standard InChI is InChI=1S/C30H30F2N4O2/c1-18-13-24(30(38)36-11-4-7-22(36)17-35-12-10-21(32)16-35)27(33-18)15-25-28-23(19-5-2-6-20(31)14-19)8-3-9-26(28)34-29(25)37/h2-3,5-6,8-9,13-15,21-22,33H,4,7,10-12,16-17H2,1H3,(H,34,37)/b25-15-/t21-,22-/m0/s1. The van der Waals surface area contributed by atoms with Crippen LogP contribution in [-0.2, 0) is 4.79 Å². The number of amides is 2. The summed E-state index contributed by atoms with van der Waals surface area (Å²) >= 11 is 0. The number of aryl methyl sites for hydroxylation is 1. The fourth-order valence-corrected chi connectivity index (χ4v) is 6.03. The molecule has 0 spiro atoms. The SMILES string of the molecule is Cc1cc(C(=O)N2CCC[C@H]2CN2CC[C@H](F)C2)c(/C=C2\C(=O)Nc3cccc(-c4cccc(F)c4)c32)[nH]1. The predicted octanol–water partition coefficient (Wildman–Crippen LogP) is 5.27. The molecule has 196 valence electrons. The molecule has 0 saturated carbocycles. The number of aromatic amines is 1. The minimum atomic E-state index is -0.788. The molecule has 0 radical (unpaired) electrons. The third kappa shape index (κ3) is 4.53. The highest BCUT2D eigenvalue weighted by molar-refractivity contribution is 6.36. The van der Waals surface area contributed by atoms with Crippen LogP contribution >= 0.6 is 0 Å². The number of hydrogen-bond acceptors (Lipinski definition) is 3. The van der Waals surface area contributed by atoms with E-state index in [2.05, 4.69) is 15.2 Å². The van der Waals surface area contributed by atoms with Gasteiger partial charge in [0.25, 0.3) is 11.8 Å². The van der Waals surface area contributed by atoms with Crippen molar-refractivity contribution in [3.05, 3.63) is 76.9 Å². The van der Waals surface area contributed by atoms with Crippen LogP contribution in [0.15, 0.2) is 48.5 Å². The summed E-state index contributed by atoms with van der Waals surface area (Å²) in [5, 5.41) is 2.91. The Hall–Kier alpha value is -3.78. The number of halogens is 2. The maximum Gasteiger partial charge on any atom is 0.256 e. The van der Waals surface area contributed by atoms with E-state index in [-0.39, 0.29) is 23.7 Å². The third-order valence-electron chi connectivity index (χ3n) is 7.79. The van der Waals surface area contributed by atoms with Gasteiger partial charge < -0.3 is 15.2 Å². The molecule has 6 nitrogen and oxygen atoms in total. The van der Waals surface area contributed by atoms with E-state index in [1.54, 1.807) is 12.1 Å². The molecule has 2 amide bonds. The number of H-pyrrole nitrogens is 1. The molecule has 3 aliphatic rings. The first-order chi connectivity index (χ1) is 18.4. The molecule has 2 atom stereocenters. The normalized spacial score (nSPS) is 22.3. The van der Waals surface area contributed by atoms with Crippen molar-refractivity contribution in [3.63, 3.8) is 0 Å². The minimum Gasteiger partial charge on any atom is -0.358 e. The number of likely N-dealkylation sites (tertiary alicyclic amines) is 2. The van der Waals surface area contributed by atoms with Gasteiger partial charge in [-0.3, -0.25) is 14.5 Å². The van der Waals surface area contributed by atoms with Crippen molar-refractivity contribution in [2.45, 2.75) is 38.4 Å². The molecule has 0 bridgehead atoms. The van der Waals surface area contributed by atoms with Crippen LogP contribution in [0.1, 0.15) is 46.6 Å². The molecule has 0 aliphatic carbocycles.